The van der Waals surface area contributed by atoms with E-state index < -0.39 is 0 Å². The van der Waals surface area contributed by atoms with Gasteiger partial charge in [-0.2, -0.15) is 0 Å². The molecule has 3 heterocycles. The van der Waals surface area contributed by atoms with Crippen molar-refractivity contribution in [2.24, 2.45) is 0 Å². The number of para-hydroxylation sites is 2. The first kappa shape index (κ1) is 26.9. The molecule has 212 valence electrons. The highest BCUT2D eigenvalue weighted by atomic mass is 16.7. The molecule has 3 aliphatic rings. The molecule has 0 saturated carbocycles. The van der Waals surface area contributed by atoms with Crippen LogP contribution in [0.25, 0.3) is 6.08 Å². The molecule has 3 aliphatic heterocycles. The quantitative estimate of drug-likeness (QED) is 0.298. The molecule has 41 heavy (non-hydrogen) atoms. The van der Waals surface area contributed by atoms with Crippen molar-refractivity contribution in [3.8, 4) is 17.2 Å². The maximum atomic E-state index is 13.6. The molecule has 0 aromatic heterocycles. The zero-order valence-electron chi connectivity index (χ0n) is 23.1. The smallest absolute Gasteiger partial charge is 0.294 e. The molecule has 1 saturated heterocycles. The average Bonchev–Trinajstić information content (AvgIpc) is 3.31. The van der Waals surface area contributed by atoms with Gasteiger partial charge in [-0.05, 0) is 92.5 Å². The van der Waals surface area contributed by atoms with Crippen molar-refractivity contribution in [1.82, 2.24) is 10.2 Å². The number of likely N-dealkylation sites (tertiary alicyclic amines) is 1. The highest BCUT2D eigenvalue weighted by Gasteiger charge is 2.30. The molecule has 0 aliphatic carbocycles. The minimum atomic E-state index is -0.243. The number of hydrogen-bond acceptors (Lipinski definition) is 6. The Balaban J connectivity index is 1.10. The first-order chi connectivity index (χ1) is 20.1. The van der Waals surface area contributed by atoms with Crippen molar-refractivity contribution in [3.63, 3.8) is 0 Å². The number of anilines is 1. The van der Waals surface area contributed by atoms with Crippen molar-refractivity contribution >= 4 is 23.6 Å². The van der Waals surface area contributed by atoms with Crippen LogP contribution >= 0.6 is 0 Å². The SMILES string of the molecule is O=C(NCCCN1CCCCCC1)c1ccc(C=C2Oc3ccccc3N(Cc3ccc4c(c3)OCO4)C2=O)cc1. The summed E-state index contributed by atoms with van der Waals surface area (Å²) in [5.74, 6) is 1.87. The second-order valence-electron chi connectivity index (χ2n) is 10.6. The third-order valence-electron chi connectivity index (χ3n) is 7.72. The van der Waals surface area contributed by atoms with E-state index in [-0.39, 0.29) is 24.4 Å². The zero-order valence-corrected chi connectivity index (χ0v) is 23.1. The maximum absolute atomic E-state index is 13.6. The normalized spacial score (nSPS) is 17.6. The summed E-state index contributed by atoms with van der Waals surface area (Å²) >= 11 is 0. The summed E-state index contributed by atoms with van der Waals surface area (Å²) in [6, 6.07) is 20.4. The molecule has 1 N–H and O–H groups in total. The number of hydrogen-bond donors (Lipinski definition) is 1. The summed E-state index contributed by atoms with van der Waals surface area (Å²) in [5, 5.41) is 3.03. The van der Waals surface area contributed by atoms with Crippen molar-refractivity contribution in [3.05, 3.63) is 89.2 Å². The molecule has 3 aromatic carbocycles. The first-order valence-corrected chi connectivity index (χ1v) is 14.4. The largest absolute Gasteiger partial charge is 0.454 e. The molecular weight excluding hydrogens is 518 g/mol. The van der Waals surface area contributed by atoms with E-state index in [1.54, 1.807) is 23.1 Å². The summed E-state index contributed by atoms with van der Waals surface area (Å²) in [6.45, 7) is 4.56. The van der Waals surface area contributed by atoms with Crippen LogP contribution in [-0.4, -0.2) is 49.7 Å². The molecule has 1 fully saturated rings. The molecule has 0 spiro atoms. The monoisotopic (exact) mass is 553 g/mol. The molecule has 0 atom stereocenters. The second kappa shape index (κ2) is 12.5. The Morgan fingerprint density at radius 3 is 2.49 bits per heavy atom. The number of nitrogens with one attached hydrogen (secondary N) is 1. The van der Waals surface area contributed by atoms with Gasteiger partial charge in [-0.25, -0.2) is 0 Å². The summed E-state index contributed by atoms with van der Waals surface area (Å²) in [7, 11) is 0. The van der Waals surface area contributed by atoms with Crippen LogP contribution in [0.15, 0.2) is 72.5 Å². The molecule has 3 aromatic rings. The van der Waals surface area contributed by atoms with Gasteiger partial charge in [-0.3, -0.25) is 14.5 Å². The van der Waals surface area contributed by atoms with E-state index in [0.717, 1.165) is 24.1 Å². The van der Waals surface area contributed by atoms with Crippen LogP contribution in [0.4, 0.5) is 5.69 Å². The fourth-order valence-electron chi connectivity index (χ4n) is 5.49. The van der Waals surface area contributed by atoms with Gasteiger partial charge in [0.15, 0.2) is 23.0 Å². The lowest BCUT2D eigenvalue weighted by Gasteiger charge is -2.30. The summed E-state index contributed by atoms with van der Waals surface area (Å²) in [5.41, 5.74) is 2.98. The Hall–Kier alpha value is -4.30. The Morgan fingerprint density at radius 2 is 1.66 bits per heavy atom. The van der Waals surface area contributed by atoms with Crippen LogP contribution in [0.3, 0.4) is 0 Å². The van der Waals surface area contributed by atoms with E-state index in [1.807, 2.05) is 54.6 Å². The van der Waals surface area contributed by atoms with Gasteiger partial charge in [0.25, 0.3) is 11.8 Å². The predicted octanol–water partition coefficient (Wildman–Crippen LogP) is 5.38. The predicted molar refractivity (Wildman–Crippen MR) is 157 cm³/mol. The fourth-order valence-corrected chi connectivity index (χ4v) is 5.49. The second-order valence-corrected chi connectivity index (χ2v) is 10.6. The standard InChI is InChI=1S/C33H35N3O5/c37-32(34-16-7-19-35-17-5-1-2-6-18-35)26-13-10-24(11-14-26)20-31-33(38)36(27-8-3-4-9-28(27)41-31)22-25-12-15-29-30(21-25)40-23-39-29/h3-4,8-15,20-21H,1-2,5-7,16-19,22-23H2,(H,34,37). The van der Waals surface area contributed by atoms with Crippen molar-refractivity contribution in [1.29, 1.82) is 0 Å². The Labute approximate surface area is 240 Å². The minimum absolute atomic E-state index is 0.0890. The third kappa shape index (κ3) is 6.38. The van der Waals surface area contributed by atoms with Gasteiger partial charge in [0.05, 0.1) is 12.2 Å². The number of ether oxygens (including phenoxy) is 3. The van der Waals surface area contributed by atoms with Gasteiger partial charge >= 0.3 is 0 Å². The van der Waals surface area contributed by atoms with E-state index in [9.17, 15) is 9.59 Å². The van der Waals surface area contributed by atoms with E-state index >= 15 is 0 Å². The van der Waals surface area contributed by atoms with Gasteiger partial charge < -0.3 is 24.4 Å². The lowest BCUT2D eigenvalue weighted by Crippen LogP contribution is -2.36. The van der Waals surface area contributed by atoms with Crippen molar-refractivity contribution in [2.45, 2.75) is 38.6 Å². The molecule has 2 amide bonds. The van der Waals surface area contributed by atoms with Crippen LogP contribution in [0.2, 0.25) is 0 Å². The van der Waals surface area contributed by atoms with Gasteiger partial charge in [0, 0.05) is 12.1 Å². The van der Waals surface area contributed by atoms with Crippen molar-refractivity contribution < 1.29 is 23.8 Å². The molecule has 0 unspecified atom stereocenters. The molecule has 8 heteroatoms. The van der Waals surface area contributed by atoms with Crippen LogP contribution in [0.1, 0.15) is 53.6 Å². The Kier molecular flexibility index (Phi) is 8.18. The maximum Gasteiger partial charge on any atom is 0.294 e. The lowest BCUT2D eigenvalue weighted by molar-refractivity contribution is -0.117. The molecule has 6 rings (SSSR count). The van der Waals surface area contributed by atoms with Crippen LogP contribution in [0.5, 0.6) is 17.2 Å². The van der Waals surface area contributed by atoms with Gasteiger partial charge in [0.2, 0.25) is 6.79 Å². The summed E-state index contributed by atoms with van der Waals surface area (Å²) in [4.78, 5) is 30.5. The van der Waals surface area contributed by atoms with Crippen LogP contribution in [-0.2, 0) is 11.3 Å². The van der Waals surface area contributed by atoms with E-state index in [4.69, 9.17) is 14.2 Å². The number of amides is 2. The topological polar surface area (TPSA) is 80.3 Å². The van der Waals surface area contributed by atoms with E-state index in [1.165, 1.54) is 38.8 Å². The number of benzene rings is 3. The first-order valence-electron chi connectivity index (χ1n) is 14.4. The van der Waals surface area contributed by atoms with Crippen LogP contribution < -0.4 is 24.4 Å². The number of carbonyl (C=O) groups is 2. The highest BCUT2D eigenvalue weighted by molar-refractivity contribution is 6.09. The van der Waals surface area contributed by atoms with Crippen molar-refractivity contribution in [2.75, 3.05) is 37.9 Å². The van der Waals surface area contributed by atoms with E-state index in [2.05, 4.69) is 10.2 Å². The minimum Gasteiger partial charge on any atom is -0.454 e. The zero-order chi connectivity index (χ0) is 28.0. The Morgan fingerprint density at radius 1 is 0.878 bits per heavy atom. The molecule has 0 bridgehead atoms. The number of carbonyl (C=O) groups excluding carboxylic acids is 2. The Bertz CT molecular complexity index is 1430. The number of rotatable bonds is 8. The molecule has 8 nitrogen and oxygen atoms in total. The number of nitrogens with zero attached hydrogens (tertiary/aromatic N) is 2. The van der Waals surface area contributed by atoms with Gasteiger partial charge in [-0.1, -0.05) is 43.2 Å². The number of fused-ring (bicyclic) bond motifs is 2. The highest BCUT2D eigenvalue weighted by Crippen LogP contribution is 2.38. The summed E-state index contributed by atoms with van der Waals surface area (Å²) in [6.07, 6.45) is 7.86. The molecular formula is C33H35N3O5. The van der Waals surface area contributed by atoms with Crippen LogP contribution in [0, 0.1) is 0 Å². The fraction of sp³-hybridized carbons (Fsp3) is 0.333. The van der Waals surface area contributed by atoms with E-state index in [0.29, 0.717) is 41.6 Å². The summed E-state index contributed by atoms with van der Waals surface area (Å²) < 4.78 is 17.0. The molecule has 0 radical (unpaired) electrons. The van der Waals surface area contributed by atoms with Gasteiger partial charge in [0.1, 0.15) is 0 Å². The third-order valence-corrected chi connectivity index (χ3v) is 7.72. The average molecular weight is 554 g/mol. The van der Waals surface area contributed by atoms with Gasteiger partial charge in [-0.15, -0.1) is 0 Å². The lowest BCUT2D eigenvalue weighted by atomic mass is 10.1.